The summed E-state index contributed by atoms with van der Waals surface area (Å²) >= 11 is 0. The van der Waals surface area contributed by atoms with Crippen LogP contribution in [0, 0.1) is 40.1 Å². The maximum Gasteiger partial charge on any atom is 0.285 e. The van der Waals surface area contributed by atoms with Crippen molar-refractivity contribution in [1.82, 2.24) is 9.80 Å². The molecule has 0 aliphatic carbocycles. The standard InChI is InChI=1S/C17H21FN4O3/c1-11(2)15(10-19)20-4-6-21(7-5-20)17(23)14-9-13(18)8-12(3)16(14)22(24)25/h8-9,11,15H,4-7H2,1-3H3/t15-/m0/s1. The van der Waals surface area contributed by atoms with Crippen molar-refractivity contribution in [3.05, 3.63) is 39.2 Å². The first-order valence-corrected chi connectivity index (χ1v) is 8.13. The molecule has 1 aromatic carbocycles. The molecule has 0 bridgehead atoms. The Balaban J connectivity index is 2.19. The molecule has 1 aliphatic rings. The number of rotatable bonds is 4. The maximum atomic E-state index is 13.7. The molecule has 1 atom stereocenters. The van der Waals surface area contributed by atoms with Gasteiger partial charge in [-0.25, -0.2) is 4.39 Å². The van der Waals surface area contributed by atoms with Gasteiger partial charge in [-0.2, -0.15) is 5.26 Å². The van der Waals surface area contributed by atoms with E-state index in [9.17, 15) is 24.6 Å². The van der Waals surface area contributed by atoms with E-state index < -0.39 is 16.6 Å². The average molecular weight is 348 g/mol. The van der Waals surface area contributed by atoms with Crippen molar-refractivity contribution < 1.29 is 14.1 Å². The van der Waals surface area contributed by atoms with E-state index in [0.29, 0.717) is 26.2 Å². The van der Waals surface area contributed by atoms with Crippen LogP contribution in [0.1, 0.15) is 29.8 Å². The van der Waals surface area contributed by atoms with E-state index >= 15 is 0 Å². The van der Waals surface area contributed by atoms with E-state index in [2.05, 4.69) is 6.07 Å². The van der Waals surface area contributed by atoms with Gasteiger partial charge < -0.3 is 4.90 Å². The molecule has 2 rings (SSSR count). The number of nitro groups is 1. The molecule has 1 aliphatic heterocycles. The lowest BCUT2D eigenvalue weighted by Crippen LogP contribution is -2.52. The lowest BCUT2D eigenvalue weighted by atomic mass is 10.0. The summed E-state index contributed by atoms with van der Waals surface area (Å²) in [5.41, 5.74) is -0.459. The first-order chi connectivity index (χ1) is 11.8. The topological polar surface area (TPSA) is 90.5 Å². The Morgan fingerprint density at radius 3 is 2.40 bits per heavy atom. The fourth-order valence-corrected chi connectivity index (χ4v) is 3.17. The van der Waals surface area contributed by atoms with Crippen molar-refractivity contribution in [2.75, 3.05) is 26.2 Å². The summed E-state index contributed by atoms with van der Waals surface area (Å²) in [7, 11) is 0. The molecule has 1 saturated heterocycles. The molecule has 1 fully saturated rings. The number of carbonyl (C=O) groups is 1. The number of nitro benzene ring substituents is 1. The third kappa shape index (κ3) is 3.94. The SMILES string of the molecule is Cc1cc(F)cc(C(=O)N2CCN([C@@H](C#N)C(C)C)CC2)c1[N+](=O)[O-]. The van der Waals surface area contributed by atoms with Crippen molar-refractivity contribution in [2.45, 2.75) is 26.8 Å². The van der Waals surface area contributed by atoms with Gasteiger partial charge >= 0.3 is 0 Å². The molecule has 0 spiro atoms. The highest BCUT2D eigenvalue weighted by atomic mass is 19.1. The number of nitrogens with zero attached hydrogens (tertiary/aromatic N) is 4. The number of hydrogen-bond donors (Lipinski definition) is 0. The van der Waals surface area contributed by atoms with Crippen LogP contribution in [0.4, 0.5) is 10.1 Å². The molecule has 0 radical (unpaired) electrons. The number of aryl methyl sites for hydroxylation is 1. The molecule has 25 heavy (non-hydrogen) atoms. The number of piperazine rings is 1. The Bertz CT molecular complexity index is 721. The van der Waals surface area contributed by atoms with Gasteiger partial charge in [-0.15, -0.1) is 0 Å². The largest absolute Gasteiger partial charge is 0.336 e. The lowest BCUT2D eigenvalue weighted by molar-refractivity contribution is -0.385. The minimum atomic E-state index is -0.672. The van der Waals surface area contributed by atoms with Crippen LogP contribution >= 0.6 is 0 Å². The van der Waals surface area contributed by atoms with E-state index in [1.165, 1.54) is 11.8 Å². The zero-order chi connectivity index (χ0) is 18.7. The third-order valence-corrected chi connectivity index (χ3v) is 4.44. The van der Waals surface area contributed by atoms with Gasteiger partial charge in [0.05, 0.1) is 11.0 Å². The predicted octanol–water partition coefficient (Wildman–Crippen LogP) is 2.35. The minimum Gasteiger partial charge on any atom is -0.336 e. The zero-order valence-corrected chi connectivity index (χ0v) is 14.5. The summed E-state index contributed by atoms with van der Waals surface area (Å²) in [6.45, 7) is 7.03. The molecule has 134 valence electrons. The van der Waals surface area contributed by atoms with Crippen molar-refractivity contribution in [3.63, 3.8) is 0 Å². The van der Waals surface area contributed by atoms with Crippen LogP contribution in [-0.2, 0) is 0 Å². The molecular formula is C17H21FN4O3. The van der Waals surface area contributed by atoms with E-state index in [1.807, 2.05) is 18.7 Å². The number of halogens is 1. The van der Waals surface area contributed by atoms with Gasteiger partial charge in [-0.3, -0.25) is 19.8 Å². The summed E-state index contributed by atoms with van der Waals surface area (Å²) in [5, 5.41) is 20.5. The number of amides is 1. The number of benzene rings is 1. The van der Waals surface area contributed by atoms with E-state index in [1.54, 1.807) is 0 Å². The summed E-state index contributed by atoms with van der Waals surface area (Å²) in [5.74, 6) is -1.05. The maximum absolute atomic E-state index is 13.7. The summed E-state index contributed by atoms with van der Waals surface area (Å²) < 4.78 is 13.7. The molecule has 1 aromatic rings. The minimum absolute atomic E-state index is 0.122. The average Bonchev–Trinajstić information content (AvgIpc) is 2.54. The highest BCUT2D eigenvalue weighted by Gasteiger charge is 2.32. The third-order valence-electron chi connectivity index (χ3n) is 4.44. The van der Waals surface area contributed by atoms with Gasteiger partial charge in [0.25, 0.3) is 11.6 Å². The zero-order valence-electron chi connectivity index (χ0n) is 14.5. The Morgan fingerprint density at radius 1 is 1.32 bits per heavy atom. The van der Waals surface area contributed by atoms with Gasteiger partial charge in [0.15, 0.2) is 0 Å². The molecule has 0 saturated carbocycles. The van der Waals surface area contributed by atoms with Gasteiger partial charge in [0, 0.05) is 31.7 Å². The van der Waals surface area contributed by atoms with Crippen molar-refractivity contribution in [2.24, 2.45) is 5.92 Å². The monoisotopic (exact) mass is 348 g/mol. The van der Waals surface area contributed by atoms with E-state index in [0.717, 1.165) is 12.1 Å². The predicted molar refractivity (Wildman–Crippen MR) is 89.5 cm³/mol. The number of nitriles is 1. The second-order valence-corrected chi connectivity index (χ2v) is 6.52. The molecule has 0 unspecified atom stereocenters. The second kappa shape index (κ2) is 7.57. The van der Waals surface area contributed by atoms with Gasteiger partial charge in [-0.1, -0.05) is 13.8 Å². The molecule has 1 amide bonds. The highest BCUT2D eigenvalue weighted by molar-refractivity contribution is 5.98. The van der Waals surface area contributed by atoms with Crippen LogP contribution in [0.25, 0.3) is 0 Å². The number of hydrogen-bond acceptors (Lipinski definition) is 5. The van der Waals surface area contributed by atoms with Crippen LogP contribution in [0.2, 0.25) is 0 Å². The number of carbonyl (C=O) groups excluding carboxylic acids is 1. The Hall–Kier alpha value is -2.53. The van der Waals surface area contributed by atoms with Crippen molar-refractivity contribution in [3.8, 4) is 6.07 Å². The Labute approximate surface area is 145 Å². The first-order valence-electron chi connectivity index (χ1n) is 8.13. The first kappa shape index (κ1) is 18.8. The fraction of sp³-hybridized carbons (Fsp3) is 0.529. The van der Waals surface area contributed by atoms with Gasteiger partial charge in [-0.05, 0) is 25.0 Å². The highest BCUT2D eigenvalue weighted by Crippen LogP contribution is 2.26. The van der Waals surface area contributed by atoms with Crippen molar-refractivity contribution >= 4 is 11.6 Å². The lowest BCUT2D eigenvalue weighted by Gasteiger charge is -2.38. The van der Waals surface area contributed by atoms with Crippen LogP contribution in [0.3, 0.4) is 0 Å². The van der Waals surface area contributed by atoms with Gasteiger partial charge in [0.1, 0.15) is 17.4 Å². The quantitative estimate of drug-likeness (QED) is 0.615. The van der Waals surface area contributed by atoms with Crippen LogP contribution < -0.4 is 0 Å². The van der Waals surface area contributed by atoms with Crippen LogP contribution in [0.15, 0.2) is 12.1 Å². The van der Waals surface area contributed by atoms with Crippen molar-refractivity contribution in [1.29, 1.82) is 5.26 Å². The summed E-state index contributed by atoms with van der Waals surface area (Å²) in [6.07, 6.45) is 0. The molecule has 8 heteroatoms. The summed E-state index contributed by atoms with van der Waals surface area (Å²) in [4.78, 5) is 26.8. The van der Waals surface area contributed by atoms with Crippen LogP contribution in [0.5, 0.6) is 0 Å². The molecule has 1 heterocycles. The van der Waals surface area contributed by atoms with Gasteiger partial charge in [0.2, 0.25) is 0 Å². The molecule has 7 nitrogen and oxygen atoms in total. The fourth-order valence-electron chi connectivity index (χ4n) is 3.17. The summed E-state index contributed by atoms with van der Waals surface area (Å²) in [6, 6.07) is 4.01. The Morgan fingerprint density at radius 2 is 1.92 bits per heavy atom. The molecule has 0 N–H and O–H groups in total. The molecular weight excluding hydrogens is 327 g/mol. The smallest absolute Gasteiger partial charge is 0.285 e. The van der Waals surface area contributed by atoms with Crippen LogP contribution in [-0.4, -0.2) is 52.9 Å². The Kier molecular flexibility index (Phi) is 5.69. The van der Waals surface area contributed by atoms with E-state index in [4.69, 9.17) is 0 Å². The molecule has 0 aromatic heterocycles. The normalized spacial score (nSPS) is 16.6. The van der Waals surface area contributed by atoms with E-state index in [-0.39, 0.29) is 28.8 Å². The second-order valence-electron chi connectivity index (χ2n) is 6.52.